The number of hydrogen-bond donors (Lipinski definition) is 2. The maximum absolute atomic E-state index is 11.5. The topological polar surface area (TPSA) is 71.2 Å². The maximum Gasteiger partial charge on any atom is 0.239 e. The van der Waals surface area contributed by atoms with E-state index in [0.29, 0.717) is 29.6 Å². The van der Waals surface area contributed by atoms with E-state index in [1.54, 1.807) is 11.0 Å². The van der Waals surface area contributed by atoms with Crippen LogP contribution in [0, 0.1) is 0 Å². The van der Waals surface area contributed by atoms with Gasteiger partial charge in [-0.15, -0.1) is 0 Å². The van der Waals surface area contributed by atoms with Gasteiger partial charge < -0.3 is 16.0 Å². The number of halogens is 1. The molecule has 1 aromatic heterocycles. The molecular weight excluding hydrogens is 240 g/mol. The van der Waals surface area contributed by atoms with Gasteiger partial charge in [-0.05, 0) is 19.9 Å². The summed E-state index contributed by atoms with van der Waals surface area (Å²) in [6, 6.07) is 1.63. The zero-order chi connectivity index (χ0) is 12.8. The molecule has 0 saturated heterocycles. The van der Waals surface area contributed by atoms with Gasteiger partial charge in [-0.1, -0.05) is 11.6 Å². The van der Waals surface area contributed by atoms with Crippen LogP contribution in [0.25, 0.3) is 0 Å². The third-order valence-corrected chi connectivity index (χ3v) is 2.51. The zero-order valence-corrected chi connectivity index (χ0v) is 10.8. The Morgan fingerprint density at radius 1 is 1.59 bits per heavy atom. The van der Waals surface area contributed by atoms with E-state index >= 15 is 0 Å². The summed E-state index contributed by atoms with van der Waals surface area (Å²) in [7, 11) is 0. The van der Waals surface area contributed by atoms with Gasteiger partial charge in [0.15, 0.2) is 0 Å². The number of nitrogens with one attached hydrogen (secondary N) is 1. The first-order valence-electron chi connectivity index (χ1n) is 5.51. The predicted molar refractivity (Wildman–Crippen MR) is 70.2 cm³/mol. The largest absolute Gasteiger partial charge is 0.397 e. The standard InChI is InChI=1S/C11H17ClN4O/c1-3-14-10(17)7-16(4-2)11-9(12)5-8(13)6-15-11/h5-6H,3-4,7,13H2,1-2H3,(H,14,17). The predicted octanol–water partition coefficient (Wildman–Crippen LogP) is 1.28. The van der Waals surface area contributed by atoms with Crippen LogP contribution in [0.1, 0.15) is 13.8 Å². The number of nitrogens with zero attached hydrogens (tertiary/aromatic N) is 2. The second kappa shape index (κ2) is 6.30. The SMILES string of the molecule is CCNC(=O)CN(CC)c1ncc(N)cc1Cl. The Bertz CT molecular complexity index is 397. The molecule has 6 heteroatoms. The lowest BCUT2D eigenvalue weighted by molar-refractivity contribution is -0.119. The number of rotatable bonds is 5. The molecule has 3 N–H and O–H groups in total. The second-order valence-corrected chi connectivity index (χ2v) is 3.95. The van der Waals surface area contributed by atoms with Crippen molar-refractivity contribution in [1.29, 1.82) is 0 Å². The van der Waals surface area contributed by atoms with Crippen molar-refractivity contribution in [2.24, 2.45) is 0 Å². The molecule has 1 rings (SSSR count). The van der Waals surface area contributed by atoms with Crippen LogP contribution in [-0.4, -0.2) is 30.5 Å². The molecule has 0 fully saturated rings. The third-order valence-electron chi connectivity index (χ3n) is 2.23. The van der Waals surface area contributed by atoms with Gasteiger partial charge >= 0.3 is 0 Å². The number of likely N-dealkylation sites (N-methyl/N-ethyl adjacent to an activating group) is 2. The molecule has 0 aliphatic rings. The van der Waals surface area contributed by atoms with E-state index in [-0.39, 0.29) is 12.5 Å². The molecule has 0 radical (unpaired) electrons. The summed E-state index contributed by atoms with van der Waals surface area (Å²) in [6.07, 6.45) is 1.53. The van der Waals surface area contributed by atoms with Crippen molar-refractivity contribution < 1.29 is 4.79 Å². The molecule has 0 atom stereocenters. The van der Waals surface area contributed by atoms with Crippen LogP contribution in [0.4, 0.5) is 11.5 Å². The van der Waals surface area contributed by atoms with Crippen molar-refractivity contribution in [2.45, 2.75) is 13.8 Å². The number of pyridine rings is 1. The van der Waals surface area contributed by atoms with Gasteiger partial charge in [0.05, 0.1) is 23.5 Å². The Morgan fingerprint density at radius 3 is 2.82 bits per heavy atom. The highest BCUT2D eigenvalue weighted by atomic mass is 35.5. The molecule has 0 bridgehead atoms. The molecular formula is C11H17ClN4O. The number of anilines is 2. The molecule has 17 heavy (non-hydrogen) atoms. The van der Waals surface area contributed by atoms with Crippen LogP contribution in [0.5, 0.6) is 0 Å². The van der Waals surface area contributed by atoms with Crippen molar-refractivity contribution in [3.05, 3.63) is 17.3 Å². The summed E-state index contributed by atoms with van der Waals surface area (Å²) in [5.41, 5.74) is 6.08. The molecule has 0 unspecified atom stereocenters. The van der Waals surface area contributed by atoms with E-state index in [2.05, 4.69) is 10.3 Å². The lowest BCUT2D eigenvalue weighted by Crippen LogP contribution is -2.37. The summed E-state index contributed by atoms with van der Waals surface area (Å²) in [5.74, 6) is 0.527. The Hall–Kier alpha value is -1.49. The first kappa shape index (κ1) is 13.6. The van der Waals surface area contributed by atoms with E-state index in [4.69, 9.17) is 17.3 Å². The highest BCUT2D eigenvalue weighted by Crippen LogP contribution is 2.24. The summed E-state index contributed by atoms with van der Waals surface area (Å²) in [6.45, 7) is 5.31. The van der Waals surface area contributed by atoms with Gasteiger partial charge in [0, 0.05) is 13.1 Å². The van der Waals surface area contributed by atoms with Gasteiger partial charge in [-0.25, -0.2) is 4.98 Å². The average Bonchev–Trinajstić information content (AvgIpc) is 2.27. The third kappa shape index (κ3) is 3.78. The van der Waals surface area contributed by atoms with Gasteiger partial charge in [0.1, 0.15) is 5.82 Å². The van der Waals surface area contributed by atoms with Crippen molar-refractivity contribution in [3.8, 4) is 0 Å². The van der Waals surface area contributed by atoms with Crippen LogP contribution in [0.15, 0.2) is 12.3 Å². The fourth-order valence-electron chi connectivity index (χ4n) is 1.44. The maximum atomic E-state index is 11.5. The normalized spacial score (nSPS) is 10.1. The molecule has 5 nitrogen and oxygen atoms in total. The Balaban J connectivity index is 2.82. The van der Waals surface area contributed by atoms with Crippen LogP contribution < -0.4 is 16.0 Å². The van der Waals surface area contributed by atoms with Crippen molar-refractivity contribution >= 4 is 29.0 Å². The average molecular weight is 257 g/mol. The second-order valence-electron chi connectivity index (χ2n) is 3.54. The molecule has 94 valence electrons. The minimum absolute atomic E-state index is 0.0518. The highest BCUT2D eigenvalue weighted by Gasteiger charge is 2.13. The number of hydrogen-bond acceptors (Lipinski definition) is 4. The number of nitrogen functional groups attached to an aromatic ring is 1. The molecule has 0 aliphatic carbocycles. The molecule has 1 amide bonds. The summed E-state index contributed by atoms with van der Waals surface area (Å²) in [4.78, 5) is 17.5. The van der Waals surface area contributed by atoms with Crippen LogP contribution in [0.2, 0.25) is 5.02 Å². The molecule has 0 aromatic carbocycles. The van der Waals surface area contributed by atoms with Crippen LogP contribution in [-0.2, 0) is 4.79 Å². The Labute approximate surface area is 106 Å². The lowest BCUT2D eigenvalue weighted by Gasteiger charge is -2.22. The summed E-state index contributed by atoms with van der Waals surface area (Å²) in [5, 5.41) is 3.19. The molecule has 0 spiro atoms. The van der Waals surface area contributed by atoms with E-state index in [9.17, 15) is 4.79 Å². The number of aromatic nitrogens is 1. The fourth-order valence-corrected chi connectivity index (χ4v) is 1.74. The number of nitrogens with two attached hydrogens (primary N) is 1. The molecule has 0 saturated carbocycles. The Morgan fingerprint density at radius 2 is 2.29 bits per heavy atom. The van der Waals surface area contributed by atoms with Crippen molar-refractivity contribution in [2.75, 3.05) is 30.3 Å². The van der Waals surface area contributed by atoms with Gasteiger partial charge in [0.2, 0.25) is 5.91 Å². The first-order chi connectivity index (χ1) is 8.08. The first-order valence-corrected chi connectivity index (χ1v) is 5.88. The van der Waals surface area contributed by atoms with E-state index in [1.165, 1.54) is 6.20 Å². The summed E-state index contributed by atoms with van der Waals surface area (Å²) >= 11 is 6.05. The highest BCUT2D eigenvalue weighted by molar-refractivity contribution is 6.33. The minimum Gasteiger partial charge on any atom is -0.397 e. The molecule has 0 aliphatic heterocycles. The van der Waals surface area contributed by atoms with Crippen molar-refractivity contribution in [1.82, 2.24) is 10.3 Å². The quantitative estimate of drug-likeness (QED) is 0.833. The van der Waals surface area contributed by atoms with E-state index < -0.39 is 0 Å². The van der Waals surface area contributed by atoms with Crippen molar-refractivity contribution in [3.63, 3.8) is 0 Å². The van der Waals surface area contributed by atoms with E-state index in [0.717, 1.165) is 0 Å². The number of amides is 1. The smallest absolute Gasteiger partial charge is 0.239 e. The monoisotopic (exact) mass is 256 g/mol. The van der Waals surface area contributed by atoms with E-state index in [1.807, 2.05) is 13.8 Å². The number of carbonyl (C=O) groups is 1. The number of carbonyl (C=O) groups excluding carboxylic acids is 1. The van der Waals surface area contributed by atoms with Gasteiger partial charge in [-0.3, -0.25) is 4.79 Å². The summed E-state index contributed by atoms with van der Waals surface area (Å²) < 4.78 is 0. The van der Waals surface area contributed by atoms with Gasteiger partial charge in [0.25, 0.3) is 0 Å². The zero-order valence-electron chi connectivity index (χ0n) is 10.0. The van der Waals surface area contributed by atoms with Gasteiger partial charge in [-0.2, -0.15) is 0 Å². The Kier molecular flexibility index (Phi) is 5.03. The fraction of sp³-hybridized carbons (Fsp3) is 0.455. The minimum atomic E-state index is -0.0518. The van der Waals surface area contributed by atoms with Crippen LogP contribution >= 0.6 is 11.6 Å². The lowest BCUT2D eigenvalue weighted by atomic mass is 10.3. The van der Waals surface area contributed by atoms with Crippen LogP contribution in [0.3, 0.4) is 0 Å². The molecule has 1 heterocycles. The molecule has 1 aromatic rings.